The smallest absolute Gasteiger partial charge is 0.194 e. The minimum Gasteiger partial charge on any atom is -0.307 e. The Morgan fingerprint density at radius 1 is 1.73 bits per heavy atom. The molecule has 0 bridgehead atoms. The summed E-state index contributed by atoms with van der Waals surface area (Å²) in [7, 11) is 0. The van der Waals surface area contributed by atoms with Gasteiger partial charge in [-0.2, -0.15) is 0 Å². The summed E-state index contributed by atoms with van der Waals surface area (Å²) in [5, 5.41) is 5.36. The molecule has 0 unspecified atom stereocenters. The van der Waals surface area contributed by atoms with E-state index in [-0.39, 0.29) is 0 Å². The Morgan fingerprint density at radius 3 is 3.27 bits per heavy atom. The zero-order valence-corrected chi connectivity index (χ0v) is 10.9. The number of hydrogen-bond acceptors (Lipinski definition) is 3. The molecule has 3 nitrogen and oxygen atoms in total. The van der Waals surface area contributed by atoms with E-state index in [1.165, 1.54) is 5.69 Å². The van der Waals surface area contributed by atoms with Crippen molar-refractivity contribution in [1.29, 1.82) is 0 Å². The van der Waals surface area contributed by atoms with Crippen molar-refractivity contribution in [2.24, 2.45) is 0 Å². The first-order valence-electron chi connectivity index (χ1n) is 4.63. The van der Waals surface area contributed by atoms with Crippen LogP contribution in [0, 0.1) is 6.92 Å². The molecule has 2 aromatic rings. The van der Waals surface area contributed by atoms with Crippen molar-refractivity contribution in [3.05, 3.63) is 34.0 Å². The molecule has 80 valence electrons. The zero-order chi connectivity index (χ0) is 10.8. The fourth-order valence-corrected chi connectivity index (χ4v) is 2.45. The van der Waals surface area contributed by atoms with Crippen molar-refractivity contribution >= 4 is 32.2 Å². The molecule has 0 aliphatic rings. The van der Waals surface area contributed by atoms with Gasteiger partial charge in [-0.25, -0.2) is 4.98 Å². The average Bonchev–Trinajstić information content (AvgIpc) is 2.68. The van der Waals surface area contributed by atoms with Crippen LogP contribution in [-0.2, 0) is 6.54 Å². The van der Waals surface area contributed by atoms with Gasteiger partial charge in [-0.05, 0) is 6.92 Å². The quantitative estimate of drug-likeness (QED) is 0.936. The van der Waals surface area contributed by atoms with Gasteiger partial charge in [0.2, 0.25) is 0 Å². The number of thiazole rings is 1. The van der Waals surface area contributed by atoms with Crippen molar-refractivity contribution < 1.29 is 0 Å². The van der Waals surface area contributed by atoms with Crippen molar-refractivity contribution in [2.45, 2.75) is 13.5 Å². The van der Waals surface area contributed by atoms with Crippen LogP contribution in [0.4, 0.5) is 0 Å². The predicted octanol–water partition coefficient (Wildman–Crippen LogP) is 2.70. The van der Waals surface area contributed by atoms with Gasteiger partial charge in [0.15, 0.2) is 4.96 Å². The normalized spacial score (nSPS) is 11.1. The Morgan fingerprint density at radius 2 is 2.53 bits per heavy atom. The lowest BCUT2D eigenvalue weighted by molar-refractivity contribution is 0.728. The largest absolute Gasteiger partial charge is 0.307 e. The van der Waals surface area contributed by atoms with Crippen molar-refractivity contribution in [1.82, 2.24) is 14.7 Å². The summed E-state index contributed by atoms with van der Waals surface area (Å²) in [5.74, 6) is 0. The molecule has 15 heavy (non-hydrogen) atoms. The second-order valence-corrected chi connectivity index (χ2v) is 5.31. The van der Waals surface area contributed by atoms with Crippen LogP contribution in [0.15, 0.2) is 22.6 Å². The van der Waals surface area contributed by atoms with Crippen LogP contribution >= 0.6 is 27.3 Å². The van der Waals surface area contributed by atoms with Crippen molar-refractivity contribution in [2.75, 3.05) is 6.54 Å². The molecule has 0 amide bonds. The first-order valence-corrected chi connectivity index (χ1v) is 6.31. The van der Waals surface area contributed by atoms with Crippen LogP contribution in [0.3, 0.4) is 0 Å². The van der Waals surface area contributed by atoms with Gasteiger partial charge in [-0.1, -0.05) is 22.5 Å². The maximum atomic E-state index is 4.48. The maximum absolute atomic E-state index is 4.48. The van der Waals surface area contributed by atoms with E-state index in [4.69, 9.17) is 0 Å². The number of imidazole rings is 1. The first-order chi connectivity index (χ1) is 7.18. The molecule has 0 fully saturated rings. The third-order valence-corrected chi connectivity index (χ3v) is 3.21. The number of aromatic nitrogens is 2. The fourth-order valence-electron chi connectivity index (χ4n) is 1.47. The highest BCUT2D eigenvalue weighted by molar-refractivity contribution is 9.11. The number of aryl methyl sites for hydroxylation is 1. The van der Waals surface area contributed by atoms with E-state index in [1.54, 1.807) is 11.3 Å². The van der Waals surface area contributed by atoms with Crippen LogP contribution in [-0.4, -0.2) is 15.9 Å². The van der Waals surface area contributed by atoms with Crippen LogP contribution < -0.4 is 5.32 Å². The molecule has 0 aliphatic carbocycles. The lowest BCUT2D eigenvalue weighted by Crippen LogP contribution is -2.16. The van der Waals surface area contributed by atoms with E-state index in [0.29, 0.717) is 0 Å². The van der Waals surface area contributed by atoms with E-state index < -0.39 is 0 Å². The monoisotopic (exact) mass is 285 g/mol. The predicted molar refractivity (Wildman–Crippen MR) is 67.6 cm³/mol. The number of rotatable bonds is 4. The molecule has 0 saturated carbocycles. The Bertz CT molecular complexity index is 486. The molecule has 0 radical (unpaired) electrons. The van der Waals surface area contributed by atoms with Gasteiger partial charge in [-0.3, -0.25) is 4.40 Å². The van der Waals surface area contributed by atoms with Crippen molar-refractivity contribution in [3.8, 4) is 0 Å². The summed E-state index contributed by atoms with van der Waals surface area (Å²) in [6.07, 6.45) is 2.06. The Balaban J connectivity index is 2.15. The summed E-state index contributed by atoms with van der Waals surface area (Å²) in [4.78, 5) is 5.54. The van der Waals surface area contributed by atoms with Gasteiger partial charge in [0.05, 0.1) is 11.4 Å². The summed E-state index contributed by atoms with van der Waals surface area (Å²) >= 11 is 4.98. The summed E-state index contributed by atoms with van der Waals surface area (Å²) < 4.78 is 3.09. The highest BCUT2D eigenvalue weighted by Crippen LogP contribution is 2.16. The third-order valence-electron chi connectivity index (χ3n) is 2.17. The van der Waals surface area contributed by atoms with Gasteiger partial charge in [0.25, 0.3) is 0 Å². The summed E-state index contributed by atoms with van der Waals surface area (Å²) in [6.45, 7) is 7.41. The Hall–Kier alpha value is -0.650. The van der Waals surface area contributed by atoms with E-state index in [0.717, 1.165) is 28.2 Å². The number of hydrogen-bond donors (Lipinski definition) is 1. The fraction of sp³-hybridized carbons (Fsp3) is 0.300. The Kier molecular flexibility index (Phi) is 3.23. The molecular formula is C10H12BrN3S. The molecule has 2 rings (SSSR count). The molecular weight excluding hydrogens is 274 g/mol. The van der Waals surface area contributed by atoms with Gasteiger partial charge in [-0.15, -0.1) is 11.3 Å². The van der Waals surface area contributed by atoms with E-state index in [2.05, 4.69) is 48.8 Å². The first kappa shape index (κ1) is 10.9. The maximum Gasteiger partial charge on any atom is 0.194 e. The number of fused-ring (bicyclic) bond motifs is 1. The molecule has 0 aromatic carbocycles. The average molecular weight is 286 g/mol. The summed E-state index contributed by atoms with van der Waals surface area (Å²) in [5.41, 5.74) is 2.31. The minimum absolute atomic E-state index is 0.775. The van der Waals surface area contributed by atoms with Gasteiger partial charge >= 0.3 is 0 Å². The van der Waals surface area contributed by atoms with E-state index >= 15 is 0 Å². The highest BCUT2D eigenvalue weighted by Gasteiger charge is 2.08. The van der Waals surface area contributed by atoms with Crippen LogP contribution in [0.2, 0.25) is 0 Å². The molecule has 0 atom stereocenters. The number of halogens is 1. The molecule has 0 aliphatic heterocycles. The van der Waals surface area contributed by atoms with E-state index in [1.807, 2.05) is 6.92 Å². The molecule has 2 heterocycles. The van der Waals surface area contributed by atoms with Gasteiger partial charge in [0.1, 0.15) is 0 Å². The lowest BCUT2D eigenvalue weighted by Gasteiger charge is -2.03. The molecule has 0 spiro atoms. The Labute approximate surface area is 101 Å². The third kappa shape index (κ3) is 2.30. The molecule has 0 saturated heterocycles. The van der Waals surface area contributed by atoms with Crippen LogP contribution in [0.1, 0.15) is 11.4 Å². The zero-order valence-electron chi connectivity index (χ0n) is 8.46. The second-order valence-electron chi connectivity index (χ2n) is 3.32. The minimum atomic E-state index is 0.775. The second kappa shape index (κ2) is 4.47. The highest BCUT2D eigenvalue weighted by atomic mass is 79.9. The standard InChI is InChI=1S/C10H12BrN3S/c1-7(11)5-12-6-9-8(2)13-10-14(9)3-4-15-10/h3-4,12H,1,5-6H2,2H3. The van der Waals surface area contributed by atoms with Crippen LogP contribution in [0.25, 0.3) is 4.96 Å². The molecule has 2 aromatic heterocycles. The van der Waals surface area contributed by atoms with Gasteiger partial charge < -0.3 is 5.32 Å². The summed E-state index contributed by atoms with van der Waals surface area (Å²) in [6, 6.07) is 0. The van der Waals surface area contributed by atoms with E-state index in [9.17, 15) is 0 Å². The van der Waals surface area contributed by atoms with Crippen molar-refractivity contribution in [3.63, 3.8) is 0 Å². The molecule has 5 heteroatoms. The topological polar surface area (TPSA) is 29.3 Å². The SMILES string of the molecule is C=C(Br)CNCc1c(C)nc2sccn12. The lowest BCUT2D eigenvalue weighted by atomic mass is 10.3. The van der Waals surface area contributed by atoms with Crippen LogP contribution in [0.5, 0.6) is 0 Å². The molecule has 1 N–H and O–H groups in total. The number of nitrogens with one attached hydrogen (secondary N) is 1. The number of nitrogens with zero attached hydrogens (tertiary/aromatic N) is 2. The van der Waals surface area contributed by atoms with Gasteiger partial charge in [0, 0.05) is 29.1 Å².